The predicted molar refractivity (Wildman–Crippen MR) is 42.8 cm³/mol. The molecule has 63 valence electrons. The van der Waals surface area contributed by atoms with Crippen LogP contribution in [0.15, 0.2) is 0 Å². The zero-order valence-electron chi connectivity index (χ0n) is 7.18. The van der Waals surface area contributed by atoms with Crippen LogP contribution in [0.4, 0.5) is 0 Å². The molecule has 3 nitrogen and oxygen atoms in total. The predicted octanol–water partition coefficient (Wildman–Crippen LogP) is 0.647. The minimum Gasteiger partial charge on any atom is -0.346 e. The first-order valence-electron chi connectivity index (χ1n) is 3.73. The fraction of sp³-hybridized carbons (Fsp3) is 0.750. The van der Waals surface area contributed by atoms with Crippen LogP contribution in [-0.2, 0) is 9.59 Å². The summed E-state index contributed by atoms with van der Waals surface area (Å²) in [6.45, 7) is 5.51. The molecule has 0 heterocycles. The molecule has 0 unspecified atom stereocenters. The SMILES string of the molecule is CC(C)CC(=O)N[C@@H](C)[C]=O. The van der Waals surface area contributed by atoms with Gasteiger partial charge in [0.15, 0.2) is 0 Å². The summed E-state index contributed by atoms with van der Waals surface area (Å²) < 4.78 is 0. The van der Waals surface area contributed by atoms with Crippen molar-refractivity contribution >= 4 is 12.2 Å². The Labute approximate surface area is 67.2 Å². The van der Waals surface area contributed by atoms with Crippen LogP contribution in [-0.4, -0.2) is 18.2 Å². The van der Waals surface area contributed by atoms with Crippen LogP contribution in [0, 0.1) is 5.92 Å². The lowest BCUT2D eigenvalue weighted by Gasteiger charge is -2.07. The molecule has 0 bridgehead atoms. The Bertz CT molecular complexity index is 143. The summed E-state index contributed by atoms with van der Waals surface area (Å²) >= 11 is 0. The van der Waals surface area contributed by atoms with Crippen LogP contribution >= 0.6 is 0 Å². The molecule has 1 amide bonds. The van der Waals surface area contributed by atoms with Crippen LogP contribution in [0.25, 0.3) is 0 Å². The monoisotopic (exact) mass is 156 g/mol. The van der Waals surface area contributed by atoms with Gasteiger partial charge in [0.1, 0.15) is 0 Å². The van der Waals surface area contributed by atoms with E-state index in [1.54, 1.807) is 13.2 Å². The maximum absolute atomic E-state index is 10.9. The highest BCUT2D eigenvalue weighted by Gasteiger charge is 2.07. The molecule has 0 aromatic heterocycles. The van der Waals surface area contributed by atoms with Crippen LogP contribution in [0.5, 0.6) is 0 Å². The van der Waals surface area contributed by atoms with Gasteiger partial charge in [0, 0.05) is 6.42 Å². The average molecular weight is 156 g/mol. The molecule has 1 N–H and O–H groups in total. The summed E-state index contributed by atoms with van der Waals surface area (Å²) in [6.07, 6.45) is 2.15. The van der Waals surface area contributed by atoms with Gasteiger partial charge >= 0.3 is 0 Å². The quantitative estimate of drug-likeness (QED) is 0.649. The van der Waals surface area contributed by atoms with Crippen molar-refractivity contribution in [1.29, 1.82) is 0 Å². The molecular weight excluding hydrogens is 142 g/mol. The molecule has 0 aromatic carbocycles. The lowest BCUT2D eigenvalue weighted by atomic mass is 10.1. The van der Waals surface area contributed by atoms with E-state index in [0.717, 1.165) is 0 Å². The Kier molecular flexibility index (Phi) is 4.50. The van der Waals surface area contributed by atoms with Crippen molar-refractivity contribution in [2.45, 2.75) is 33.2 Å². The van der Waals surface area contributed by atoms with Crippen molar-refractivity contribution in [2.24, 2.45) is 5.92 Å². The number of amides is 1. The summed E-state index contributed by atoms with van der Waals surface area (Å²) in [5.41, 5.74) is 0. The van der Waals surface area contributed by atoms with E-state index in [-0.39, 0.29) is 5.91 Å². The smallest absolute Gasteiger partial charge is 0.222 e. The number of carbonyl (C=O) groups is 1. The van der Waals surface area contributed by atoms with Gasteiger partial charge in [-0.1, -0.05) is 13.8 Å². The molecule has 3 heteroatoms. The Balaban J connectivity index is 3.60. The van der Waals surface area contributed by atoms with Gasteiger partial charge in [0.25, 0.3) is 0 Å². The highest BCUT2D eigenvalue weighted by Crippen LogP contribution is 1.98. The van der Waals surface area contributed by atoms with Crippen LogP contribution < -0.4 is 5.32 Å². The standard InChI is InChI=1S/C8H14NO2/c1-6(2)4-8(11)9-7(3)5-10/h6-7H,4H2,1-3H3,(H,9,11)/t7-/m0/s1. The van der Waals surface area contributed by atoms with Gasteiger partial charge in [-0.05, 0) is 12.8 Å². The van der Waals surface area contributed by atoms with E-state index in [2.05, 4.69) is 5.32 Å². The molecule has 0 aliphatic rings. The topological polar surface area (TPSA) is 46.2 Å². The second-order valence-electron chi connectivity index (χ2n) is 3.01. The van der Waals surface area contributed by atoms with Crippen LogP contribution in [0.1, 0.15) is 27.2 Å². The third kappa shape index (κ3) is 5.58. The van der Waals surface area contributed by atoms with E-state index in [9.17, 15) is 9.59 Å². The number of hydrogen-bond acceptors (Lipinski definition) is 2. The Morgan fingerprint density at radius 1 is 1.45 bits per heavy atom. The molecule has 0 fully saturated rings. The molecule has 0 aliphatic heterocycles. The second-order valence-corrected chi connectivity index (χ2v) is 3.01. The number of rotatable bonds is 4. The zero-order chi connectivity index (χ0) is 8.85. The van der Waals surface area contributed by atoms with E-state index in [1.807, 2.05) is 13.8 Å². The molecular formula is C8H14NO2. The van der Waals surface area contributed by atoms with E-state index in [4.69, 9.17) is 0 Å². The number of hydrogen-bond donors (Lipinski definition) is 1. The average Bonchev–Trinajstić information content (AvgIpc) is 1.85. The molecule has 0 saturated heterocycles. The molecule has 1 radical (unpaired) electrons. The molecule has 11 heavy (non-hydrogen) atoms. The fourth-order valence-corrected chi connectivity index (χ4v) is 0.701. The minimum atomic E-state index is -0.485. The summed E-state index contributed by atoms with van der Waals surface area (Å²) in [6, 6.07) is -0.485. The van der Waals surface area contributed by atoms with Gasteiger partial charge in [-0.25, -0.2) is 0 Å². The van der Waals surface area contributed by atoms with Crippen LogP contribution in [0.3, 0.4) is 0 Å². The highest BCUT2D eigenvalue weighted by atomic mass is 16.2. The maximum atomic E-state index is 10.9. The Morgan fingerprint density at radius 3 is 2.36 bits per heavy atom. The second kappa shape index (κ2) is 4.88. The van der Waals surface area contributed by atoms with Crippen molar-refractivity contribution in [3.8, 4) is 0 Å². The van der Waals surface area contributed by atoms with Crippen molar-refractivity contribution in [3.63, 3.8) is 0 Å². The molecule has 0 rings (SSSR count). The van der Waals surface area contributed by atoms with Gasteiger partial charge in [0.2, 0.25) is 12.2 Å². The van der Waals surface area contributed by atoms with Gasteiger partial charge in [-0.2, -0.15) is 0 Å². The highest BCUT2D eigenvalue weighted by molar-refractivity contribution is 5.79. The van der Waals surface area contributed by atoms with Gasteiger partial charge in [-0.15, -0.1) is 0 Å². The van der Waals surface area contributed by atoms with Crippen LogP contribution in [0.2, 0.25) is 0 Å². The lowest BCUT2D eigenvalue weighted by Crippen LogP contribution is -2.33. The first-order valence-corrected chi connectivity index (χ1v) is 3.73. The Hall–Kier alpha value is -0.860. The summed E-state index contributed by atoms with van der Waals surface area (Å²) in [5.74, 6) is 0.240. The fourth-order valence-electron chi connectivity index (χ4n) is 0.701. The number of carbonyl (C=O) groups excluding carboxylic acids is 2. The van der Waals surface area contributed by atoms with E-state index in [0.29, 0.717) is 12.3 Å². The molecule has 0 aromatic rings. The van der Waals surface area contributed by atoms with Gasteiger partial charge in [-0.3, -0.25) is 9.59 Å². The third-order valence-electron chi connectivity index (χ3n) is 1.15. The normalized spacial score (nSPS) is 12.7. The summed E-state index contributed by atoms with van der Waals surface area (Å²) in [5, 5.41) is 2.50. The van der Waals surface area contributed by atoms with Crippen molar-refractivity contribution in [2.75, 3.05) is 0 Å². The summed E-state index contributed by atoms with van der Waals surface area (Å²) in [7, 11) is 0. The first kappa shape index (κ1) is 10.1. The molecule has 0 aliphatic carbocycles. The molecule has 0 saturated carbocycles. The van der Waals surface area contributed by atoms with E-state index in [1.165, 1.54) is 0 Å². The van der Waals surface area contributed by atoms with Gasteiger partial charge < -0.3 is 5.32 Å². The zero-order valence-corrected chi connectivity index (χ0v) is 7.18. The molecule has 1 atom stereocenters. The van der Waals surface area contributed by atoms with Crippen molar-refractivity contribution < 1.29 is 9.59 Å². The van der Waals surface area contributed by atoms with Gasteiger partial charge in [0.05, 0.1) is 6.04 Å². The van der Waals surface area contributed by atoms with E-state index >= 15 is 0 Å². The van der Waals surface area contributed by atoms with Crippen molar-refractivity contribution in [1.82, 2.24) is 5.32 Å². The largest absolute Gasteiger partial charge is 0.346 e. The lowest BCUT2D eigenvalue weighted by molar-refractivity contribution is -0.122. The number of nitrogens with one attached hydrogen (secondary N) is 1. The summed E-state index contributed by atoms with van der Waals surface area (Å²) in [4.78, 5) is 20.9. The first-order chi connectivity index (χ1) is 5.06. The molecule has 0 spiro atoms. The third-order valence-corrected chi connectivity index (χ3v) is 1.15. The van der Waals surface area contributed by atoms with Crippen molar-refractivity contribution in [3.05, 3.63) is 0 Å². The minimum absolute atomic E-state index is 0.0872. The maximum Gasteiger partial charge on any atom is 0.222 e. The Morgan fingerprint density at radius 2 is 2.00 bits per heavy atom. The van der Waals surface area contributed by atoms with E-state index < -0.39 is 6.04 Å².